The Hall–Kier alpha value is -2.18. The maximum Gasteiger partial charge on any atom is 0.328 e. The normalized spacial score (nSPS) is 19.4. The van der Waals surface area contributed by atoms with Gasteiger partial charge in [-0.3, -0.25) is 4.40 Å². The molecule has 1 aliphatic rings. The van der Waals surface area contributed by atoms with Gasteiger partial charge in [-0.05, 0) is 12.8 Å². The second-order valence-electron chi connectivity index (χ2n) is 4.19. The van der Waals surface area contributed by atoms with Gasteiger partial charge in [-0.1, -0.05) is 0 Å². The summed E-state index contributed by atoms with van der Waals surface area (Å²) in [5.41, 5.74) is 0.660. The van der Waals surface area contributed by atoms with Crippen LogP contribution in [0.2, 0.25) is 0 Å². The quantitative estimate of drug-likeness (QED) is 0.709. The van der Waals surface area contributed by atoms with Gasteiger partial charge in [0.05, 0.1) is 7.11 Å². The molecule has 0 saturated carbocycles. The lowest BCUT2D eigenvalue weighted by Gasteiger charge is -2.23. The zero-order valence-electron chi connectivity index (χ0n) is 9.98. The highest BCUT2D eigenvalue weighted by molar-refractivity contribution is 5.82. The van der Waals surface area contributed by atoms with Gasteiger partial charge in [-0.25, -0.2) is 9.78 Å². The van der Waals surface area contributed by atoms with Crippen molar-refractivity contribution in [3.8, 4) is 0 Å². The first-order valence-electron chi connectivity index (χ1n) is 5.80. The number of fused-ring (bicyclic) bond motifs is 1. The van der Waals surface area contributed by atoms with Crippen molar-refractivity contribution in [3.05, 3.63) is 18.7 Å². The second-order valence-corrected chi connectivity index (χ2v) is 4.19. The van der Waals surface area contributed by atoms with E-state index in [1.54, 1.807) is 23.1 Å². The lowest BCUT2D eigenvalue weighted by atomic mass is 10.2. The van der Waals surface area contributed by atoms with E-state index in [1.807, 2.05) is 4.90 Å². The first-order valence-corrected chi connectivity index (χ1v) is 5.80. The van der Waals surface area contributed by atoms with Crippen molar-refractivity contribution in [2.24, 2.45) is 0 Å². The van der Waals surface area contributed by atoms with Crippen molar-refractivity contribution in [2.45, 2.75) is 18.9 Å². The van der Waals surface area contributed by atoms with Crippen LogP contribution in [0.1, 0.15) is 12.8 Å². The van der Waals surface area contributed by atoms with Crippen LogP contribution in [0, 0.1) is 0 Å². The SMILES string of the molecule is COC(=O)C1CCCN1c1nccn2cnnc12. The number of rotatable bonds is 2. The van der Waals surface area contributed by atoms with E-state index in [0.717, 1.165) is 19.4 Å². The van der Waals surface area contributed by atoms with E-state index in [0.29, 0.717) is 11.5 Å². The minimum atomic E-state index is -0.273. The molecule has 3 rings (SSSR count). The summed E-state index contributed by atoms with van der Waals surface area (Å²) in [7, 11) is 1.41. The third-order valence-electron chi connectivity index (χ3n) is 3.20. The summed E-state index contributed by atoms with van der Waals surface area (Å²) < 4.78 is 6.61. The summed E-state index contributed by atoms with van der Waals surface area (Å²) >= 11 is 0. The molecule has 1 saturated heterocycles. The van der Waals surface area contributed by atoms with Crippen LogP contribution in [0.4, 0.5) is 5.82 Å². The summed E-state index contributed by atoms with van der Waals surface area (Å²) in [5.74, 6) is 0.457. The molecule has 2 aromatic rings. The van der Waals surface area contributed by atoms with Crippen molar-refractivity contribution in [3.63, 3.8) is 0 Å². The molecule has 1 aliphatic heterocycles. The number of ether oxygens (including phenoxy) is 1. The van der Waals surface area contributed by atoms with Gasteiger partial charge in [0, 0.05) is 18.9 Å². The molecule has 94 valence electrons. The van der Waals surface area contributed by atoms with E-state index >= 15 is 0 Å². The first-order chi connectivity index (χ1) is 8.81. The van der Waals surface area contributed by atoms with Crippen LogP contribution in [0.5, 0.6) is 0 Å². The molecule has 1 atom stereocenters. The molecule has 0 aliphatic carbocycles. The second kappa shape index (κ2) is 4.25. The molecule has 1 fully saturated rings. The van der Waals surface area contributed by atoms with Gasteiger partial charge in [0.2, 0.25) is 5.65 Å². The largest absolute Gasteiger partial charge is 0.467 e. The highest BCUT2D eigenvalue weighted by Gasteiger charge is 2.33. The smallest absolute Gasteiger partial charge is 0.328 e. The first kappa shape index (κ1) is 10.9. The Labute approximate surface area is 103 Å². The lowest BCUT2D eigenvalue weighted by Crippen LogP contribution is -2.37. The Bertz CT molecular complexity index is 582. The molecule has 0 spiro atoms. The van der Waals surface area contributed by atoms with Crippen LogP contribution in [-0.4, -0.2) is 45.2 Å². The van der Waals surface area contributed by atoms with Gasteiger partial charge in [0.1, 0.15) is 12.4 Å². The molecule has 0 bridgehead atoms. The Kier molecular flexibility index (Phi) is 2.58. The van der Waals surface area contributed by atoms with Crippen LogP contribution in [0.15, 0.2) is 18.7 Å². The third kappa shape index (κ3) is 1.59. The van der Waals surface area contributed by atoms with E-state index in [2.05, 4.69) is 15.2 Å². The molecule has 1 unspecified atom stereocenters. The fourth-order valence-corrected chi connectivity index (χ4v) is 2.35. The van der Waals surface area contributed by atoms with Gasteiger partial charge in [0.25, 0.3) is 0 Å². The fraction of sp³-hybridized carbons (Fsp3) is 0.455. The van der Waals surface area contributed by atoms with Crippen LogP contribution in [0.25, 0.3) is 5.65 Å². The van der Waals surface area contributed by atoms with Gasteiger partial charge in [0.15, 0.2) is 5.82 Å². The maximum atomic E-state index is 11.7. The van der Waals surface area contributed by atoms with Gasteiger partial charge in [-0.2, -0.15) is 0 Å². The van der Waals surface area contributed by atoms with Gasteiger partial charge >= 0.3 is 5.97 Å². The molecule has 3 heterocycles. The Morgan fingerprint density at radius 3 is 3.28 bits per heavy atom. The molecular formula is C11H13N5O2. The molecular weight excluding hydrogens is 234 g/mol. The highest BCUT2D eigenvalue weighted by atomic mass is 16.5. The lowest BCUT2D eigenvalue weighted by molar-refractivity contribution is -0.141. The van der Waals surface area contributed by atoms with E-state index in [4.69, 9.17) is 4.74 Å². The average Bonchev–Trinajstić information content (AvgIpc) is 3.05. The number of anilines is 1. The minimum Gasteiger partial charge on any atom is -0.467 e. The number of esters is 1. The van der Waals surface area contributed by atoms with Crippen molar-refractivity contribution in [1.29, 1.82) is 0 Å². The summed E-state index contributed by atoms with van der Waals surface area (Å²) in [4.78, 5) is 18.0. The number of hydrogen-bond donors (Lipinski definition) is 0. The molecule has 0 N–H and O–H groups in total. The fourth-order valence-electron chi connectivity index (χ4n) is 2.35. The number of hydrogen-bond acceptors (Lipinski definition) is 6. The van der Waals surface area contributed by atoms with Crippen molar-refractivity contribution >= 4 is 17.4 Å². The highest BCUT2D eigenvalue weighted by Crippen LogP contribution is 2.26. The zero-order chi connectivity index (χ0) is 12.5. The number of aromatic nitrogens is 4. The van der Waals surface area contributed by atoms with E-state index in [1.165, 1.54) is 7.11 Å². The molecule has 2 aromatic heterocycles. The predicted molar refractivity (Wildman–Crippen MR) is 63.2 cm³/mol. The van der Waals surface area contributed by atoms with Crippen LogP contribution >= 0.6 is 0 Å². The number of carbonyl (C=O) groups is 1. The van der Waals surface area contributed by atoms with E-state index in [-0.39, 0.29) is 12.0 Å². The standard InChI is InChI=1S/C11H13N5O2/c1-18-11(17)8-3-2-5-16(8)9-10-14-13-7-15(10)6-4-12-9/h4,6-8H,2-3,5H2,1H3. The van der Waals surface area contributed by atoms with Crippen LogP contribution in [0.3, 0.4) is 0 Å². The van der Waals surface area contributed by atoms with E-state index in [9.17, 15) is 4.79 Å². The molecule has 0 amide bonds. The summed E-state index contributed by atoms with van der Waals surface area (Å²) in [6, 6.07) is -0.273. The molecule has 18 heavy (non-hydrogen) atoms. The maximum absolute atomic E-state index is 11.7. The van der Waals surface area contributed by atoms with Crippen molar-refractivity contribution in [1.82, 2.24) is 19.6 Å². The van der Waals surface area contributed by atoms with Gasteiger partial charge in [-0.15, -0.1) is 10.2 Å². The van der Waals surface area contributed by atoms with Crippen LogP contribution in [-0.2, 0) is 9.53 Å². The van der Waals surface area contributed by atoms with E-state index < -0.39 is 0 Å². The Balaban J connectivity index is 2.03. The number of carbonyl (C=O) groups excluding carboxylic acids is 1. The predicted octanol–water partition coefficient (Wildman–Crippen LogP) is 0.266. The Morgan fingerprint density at radius 2 is 2.44 bits per heavy atom. The van der Waals surface area contributed by atoms with Gasteiger partial charge < -0.3 is 9.64 Å². The van der Waals surface area contributed by atoms with Crippen molar-refractivity contribution in [2.75, 3.05) is 18.6 Å². The summed E-state index contributed by atoms with van der Waals surface area (Å²) in [5, 5.41) is 7.89. The number of methoxy groups -OCH3 is 1. The Morgan fingerprint density at radius 1 is 1.56 bits per heavy atom. The number of nitrogens with zero attached hydrogens (tertiary/aromatic N) is 5. The zero-order valence-corrected chi connectivity index (χ0v) is 9.98. The van der Waals surface area contributed by atoms with Crippen LogP contribution < -0.4 is 4.90 Å². The monoisotopic (exact) mass is 247 g/mol. The summed E-state index contributed by atoms with van der Waals surface area (Å²) in [6.07, 6.45) is 6.80. The molecule has 0 radical (unpaired) electrons. The summed E-state index contributed by atoms with van der Waals surface area (Å²) in [6.45, 7) is 0.777. The van der Waals surface area contributed by atoms with Crippen molar-refractivity contribution < 1.29 is 9.53 Å². The average molecular weight is 247 g/mol. The molecule has 7 heteroatoms. The molecule has 0 aromatic carbocycles. The minimum absolute atomic E-state index is 0.226. The topological polar surface area (TPSA) is 72.6 Å². The molecule has 7 nitrogen and oxygen atoms in total. The third-order valence-corrected chi connectivity index (χ3v) is 3.20.